The maximum absolute atomic E-state index is 11.3. The van der Waals surface area contributed by atoms with E-state index in [0.29, 0.717) is 26.1 Å². The summed E-state index contributed by atoms with van der Waals surface area (Å²) in [6, 6.07) is 16.2. The molecular weight excluding hydrogens is 302 g/mol. The average Bonchev–Trinajstić information content (AvgIpc) is 2.62. The molecule has 4 heteroatoms. The van der Waals surface area contributed by atoms with Crippen molar-refractivity contribution in [3.8, 4) is 5.75 Å². The lowest BCUT2D eigenvalue weighted by molar-refractivity contribution is -0.143. The lowest BCUT2D eigenvalue weighted by Crippen LogP contribution is -2.05. The first-order valence-corrected chi connectivity index (χ1v) is 8.35. The van der Waals surface area contributed by atoms with Crippen molar-refractivity contribution in [2.45, 2.75) is 26.2 Å². The predicted octanol–water partition coefficient (Wildman–Crippen LogP) is 3.85. The maximum Gasteiger partial charge on any atom is 0.306 e. The van der Waals surface area contributed by atoms with Crippen molar-refractivity contribution < 1.29 is 14.3 Å². The number of carbonyl (C=O) groups is 1. The first kappa shape index (κ1) is 17.9. The van der Waals surface area contributed by atoms with Crippen molar-refractivity contribution >= 4 is 11.7 Å². The Hall–Kier alpha value is -2.49. The smallest absolute Gasteiger partial charge is 0.306 e. The van der Waals surface area contributed by atoms with Crippen LogP contribution in [0.1, 0.15) is 24.5 Å². The van der Waals surface area contributed by atoms with Gasteiger partial charge < -0.3 is 14.8 Å². The van der Waals surface area contributed by atoms with Crippen molar-refractivity contribution in [3.05, 3.63) is 59.7 Å². The molecule has 0 aliphatic carbocycles. The van der Waals surface area contributed by atoms with Crippen molar-refractivity contribution in [2.24, 2.45) is 0 Å². The summed E-state index contributed by atoms with van der Waals surface area (Å²) in [5.41, 5.74) is 3.47. The zero-order valence-electron chi connectivity index (χ0n) is 14.4. The van der Waals surface area contributed by atoms with E-state index in [4.69, 9.17) is 9.47 Å². The minimum absolute atomic E-state index is 0.151. The molecule has 0 saturated heterocycles. The molecule has 0 radical (unpaired) electrons. The number of benzene rings is 2. The van der Waals surface area contributed by atoms with Crippen LogP contribution >= 0.6 is 0 Å². The summed E-state index contributed by atoms with van der Waals surface area (Å²) in [7, 11) is 1.91. The third kappa shape index (κ3) is 5.95. The Morgan fingerprint density at radius 2 is 1.58 bits per heavy atom. The van der Waals surface area contributed by atoms with Gasteiger partial charge in [0.15, 0.2) is 0 Å². The monoisotopic (exact) mass is 327 g/mol. The van der Waals surface area contributed by atoms with Crippen LogP contribution in [0, 0.1) is 0 Å². The third-order valence-electron chi connectivity index (χ3n) is 3.75. The van der Waals surface area contributed by atoms with E-state index >= 15 is 0 Å². The highest BCUT2D eigenvalue weighted by Crippen LogP contribution is 2.15. The molecule has 1 N–H and O–H groups in total. The van der Waals surface area contributed by atoms with E-state index in [1.165, 1.54) is 5.56 Å². The molecule has 0 bridgehead atoms. The Morgan fingerprint density at radius 1 is 0.958 bits per heavy atom. The standard InChI is InChI=1S/C20H25NO3/c1-3-23-20(22)13-8-16-6-11-19(12-7-16)24-15-14-17-4-9-18(21-2)10-5-17/h4-7,9-12,21H,3,8,13-15H2,1-2H3. The number of rotatable bonds is 9. The quantitative estimate of drug-likeness (QED) is 0.711. The molecule has 2 aromatic rings. The van der Waals surface area contributed by atoms with Gasteiger partial charge in [-0.1, -0.05) is 24.3 Å². The van der Waals surface area contributed by atoms with Crippen LogP contribution in [0.2, 0.25) is 0 Å². The summed E-state index contributed by atoms with van der Waals surface area (Å²) in [6.07, 6.45) is 1.97. The second kappa shape index (κ2) is 9.60. The molecule has 24 heavy (non-hydrogen) atoms. The largest absolute Gasteiger partial charge is 0.493 e. The second-order valence-electron chi connectivity index (χ2n) is 5.49. The summed E-state index contributed by atoms with van der Waals surface area (Å²) in [4.78, 5) is 11.3. The van der Waals surface area contributed by atoms with Gasteiger partial charge in [0.2, 0.25) is 0 Å². The average molecular weight is 327 g/mol. The molecule has 0 amide bonds. The van der Waals surface area contributed by atoms with Crippen LogP contribution in [0.4, 0.5) is 5.69 Å². The normalized spacial score (nSPS) is 10.2. The molecule has 2 aromatic carbocycles. The maximum atomic E-state index is 11.3. The molecule has 0 aliphatic rings. The van der Waals surface area contributed by atoms with E-state index in [1.807, 2.05) is 38.2 Å². The lowest BCUT2D eigenvalue weighted by Gasteiger charge is -2.08. The highest BCUT2D eigenvalue weighted by Gasteiger charge is 2.03. The number of aryl methyl sites for hydroxylation is 1. The Balaban J connectivity index is 1.73. The van der Waals surface area contributed by atoms with Crippen molar-refractivity contribution in [2.75, 3.05) is 25.6 Å². The topological polar surface area (TPSA) is 47.6 Å². The minimum Gasteiger partial charge on any atom is -0.493 e. The van der Waals surface area contributed by atoms with Crippen LogP contribution in [0.5, 0.6) is 5.75 Å². The molecule has 4 nitrogen and oxygen atoms in total. The van der Waals surface area contributed by atoms with E-state index in [0.717, 1.165) is 23.4 Å². The number of esters is 1. The molecule has 0 heterocycles. The molecule has 2 rings (SSSR count). The molecule has 0 unspecified atom stereocenters. The van der Waals surface area contributed by atoms with E-state index in [-0.39, 0.29) is 5.97 Å². The van der Waals surface area contributed by atoms with Gasteiger partial charge in [-0.2, -0.15) is 0 Å². The van der Waals surface area contributed by atoms with Crippen LogP contribution in [-0.4, -0.2) is 26.2 Å². The molecule has 0 fully saturated rings. The molecule has 0 spiro atoms. The second-order valence-corrected chi connectivity index (χ2v) is 5.49. The highest BCUT2D eigenvalue weighted by atomic mass is 16.5. The van der Waals surface area contributed by atoms with Gasteiger partial charge in [0.25, 0.3) is 0 Å². The van der Waals surface area contributed by atoms with E-state index < -0.39 is 0 Å². The van der Waals surface area contributed by atoms with Crippen LogP contribution in [0.15, 0.2) is 48.5 Å². The van der Waals surface area contributed by atoms with E-state index in [1.54, 1.807) is 0 Å². The highest BCUT2D eigenvalue weighted by molar-refractivity contribution is 5.69. The van der Waals surface area contributed by atoms with Crippen molar-refractivity contribution in [3.63, 3.8) is 0 Å². The summed E-state index contributed by atoms with van der Waals surface area (Å²) in [5, 5.41) is 3.11. The zero-order chi connectivity index (χ0) is 17.2. The first-order chi connectivity index (χ1) is 11.7. The Morgan fingerprint density at radius 3 is 2.21 bits per heavy atom. The first-order valence-electron chi connectivity index (χ1n) is 8.35. The zero-order valence-corrected chi connectivity index (χ0v) is 14.4. The molecule has 128 valence electrons. The van der Waals surface area contributed by atoms with Crippen molar-refractivity contribution in [1.82, 2.24) is 0 Å². The SMILES string of the molecule is CCOC(=O)CCc1ccc(OCCc2ccc(NC)cc2)cc1. The van der Waals surface area contributed by atoms with Gasteiger partial charge in [-0.05, 0) is 48.7 Å². The number of carbonyl (C=O) groups excluding carboxylic acids is 1. The number of hydrogen-bond acceptors (Lipinski definition) is 4. The van der Waals surface area contributed by atoms with Gasteiger partial charge in [-0.15, -0.1) is 0 Å². The summed E-state index contributed by atoms with van der Waals surface area (Å²) in [5.74, 6) is 0.698. The van der Waals surface area contributed by atoms with Crippen LogP contribution in [0.3, 0.4) is 0 Å². The fraction of sp³-hybridized carbons (Fsp3) is 0.350. The third-order valence-corrected chi connectivity index (χ3v) is 3.75. The van der Waals surface area contributed by atoms with E-state index in [9.17, 15) is 4.79 Å². The Labute approximate surface area is 143 Å². The summed E-state index contributed by atoms with van der Waals surface area (Å²) >= 11 is 0. The van der Waals surface area contributed by atoms with Gasteiger partial charge in [-0.3, -0.25) is 4.79 Å². The number of anilines is 1. The van der Waals surface area contributed by atoms with Gasteiger partial charge >= 0.3 is 5.97 Å². The Kier molecular flexibility index (Phi) is 7.15. The van der Waals surface area contributed by atoms with Crippen LogP contribution < -0.4 is 10.1 Å². The van der Waals surface area contributed by atoms with Crippen molar-refractivity contribution in [1.29, 1.82) is 0 Å². The molecule has 0 atom stereocenters. The van der Waals surface area contributed by atoms with Gasteiger partial charge in [0.1, 0.15) is 5.75 Å². The van der Waals surface area contributed by atoms with Crippen LogP contribution in [0.25, 0.3) is 0 Å². The number of hydrogen-bond donors (Lipinski definition) is 1. The van der Waals surface area contributed by atoms with E-state index in [2.05, 4.69) is 29.6 Å². The fourth-order valence-corrected chi connectivity index (χ4v) is 2.36. The minimum atomic E-state index is -0.151. The van der Waals surface area contributed by atoms with Gasteiger partial charge in [0.05, 0.1) is 13.2 Å². The molecule has 0 saturated carbocycles. The number of nitrogens with one attached hydrogen (secondary N) is 1. The van der Waals surface area contributed by atoms with Gasteiger partial charge in [0, 0.05) is 25.6 Å². The number of ether oxygens (including phenoxy) is 2. The Bertz CT molecular complexity index is 620. The summed E-state index contributed by atoms with van der Waals surface area (Å²) < 4.78 is 10.7. The summed E-state index contributed by atoms with van der Waals surface area (Å²) in [6.45, 7) is 2.89. The molecule has 0 aliphatic heterocycles. The predicted molar refractivity (Wildman–Crippen MR) is 96.6 cm³/mol. The molecular formula is C20H25NO3. The molecule has 0 aromatic heterocycles. The van der Waals surface area contributed by atoms with Gasteiger partial charge in [-0.25, -0.2) is 0 Å². The lowest BCUT2D eigenvalue weighted by atomic mass is 10.1. The fourth-order valence-electron chi connectivity index (χ4n) is 2.36. The van der Waals surface area contributed by atoms with Crippen LogP contribution in [-0.2, 0) is 22.4 Å².